The predicted octanol–water partition coefficient (Wildman–Crippen LogP) is 1.53. The van der Waals surface area contributed by atoms with Crippen molar-refractivity contribution in [3.63, 3.8) is 0 Å². The maximum atomic E-state index is 8.72. The number of hydrogen-bond acceptors (Lipinski definition) is 3. The SMILES string of the molecule is N#Cc1ccc(CN2C[C@@H]3C[C@H]2CO3)cc1. The van der Waals surface area contributed by atoms with Crippen molar-refractivity contribution in [1.82, 2.24) is 4.90 Å². The van der Waals surface area contributed by atoms with Gasteiger partial charge in [-0.05, 0) is 24.1 Å². The molecule has 2 heterocycles. The first-order valence-electron chi connectivity index (χ1n) is 5.70. The number of morpholine rings is 1. The zero-order valence-electron chi connectivity index (χ0n) is 9.10. The van der Waals surface area contributed by atoms with Crippen molar-refractivity contribution in [3.8, 4) is 6.07 Å². The van der Waals surface area contributed by atoms with E-state index in [9.17, 15) is 0 Å². The molecule has 3 rings (SSSR count). The summed E-state index contributed by atoms with van der Waals surface area (Å²) in [4.78, 5) is 2.48. The van der Waals surface area contributed by atoms with E-state index in [4.69, 9.17) is 10.00 Å². The number of likely N-dealkylation sites (tertiary alicyclic amines) is 1. The lowest BCUT2D eigenvalue weighted by Gasteiger charge is -2.26. The summed E-state index contributed by atoms with van der Waals surface area (Å²) in [5, 5.41) is 8.72. The van der Waals surface area contributed by atoms with Gasteiger partial charge in [-0.25, -0.2) is 0 Å². The standard InChI is InChI=1S/C13H14N2O/c14-6-10-1-3-11(4-2-10)7-15-8-13-5-12(15)9-16-13/h1-4,12-13H,5,7-9H2/t12-,13-/m0/s1. The number of hydrogen-bond donors (Lipinski definition) is 0. The Labute approximate surface area is 95.2 Å². The molecule has 0 saturated carbocycles. The molecular formula is C13H14N2O. The van der Waals surface area contributed by atoms with E-state index in [2.05, 4.69) is 11.0 Å². The summed E-state index contributed by atoms with van der Waals surface area (Å²) in [5.41, 5.74) is 2.02. The quantitative estimate of drug-likeness (QED) is 0.749. The highest BCUT2D eigenvalue weighted by Crippen LogP contribution is 2.28. The first-order valence-corrected chi connectivity index (χ1v) is 5.70. The summed E-state index contributed by atoms with van der Waals surface area (Å²) >= 11 is 0. The fraction of sp³-hybridized carbons (Fsp3) is 0.462. The molecule has 0 N–H and O–H groups in total. The Bertz CT molecular complexity index is 421. The summed E-state index contributed by atoms with van der Waals surface area (Å²) in [6, 6.07) is 10.6. The largest absolute Gasteiger partial charge is 0.375 e. The molecular weight excluding hydrogens is 200 g/mol. The van der Waals surface area contributed by atoms with Crippen LogP contribution in [-0.4, -0.2) is 30.2 Å². The molecule has 1 aromatic rings. The van der Waals surface area contributed by atoms with Crippen LogP contribution in [0.2, 0.25) is 0 Å². The summed E-state index contributed by atoms with van der Waals surface area (Å²) in [6.07, 6.45) is 1.65. The Hall–Kier alpha value is -1.37. The normalized spacial score (nSPS) is 28.2. The smallest absolute Gasteiger partial charge is 0.0991 e. The Balaban J connectivity index is 1.68. The molecule has 2 atom stereocenters. The third-order valence-corrected chi connectivity index (χ3v) is 3.48. The van der Waals surface area contributed by atoms with E-state index < -0.39 is 0 Å². The van der Waals surface area contributed by atoms with E-state index in [-0.39, 0.29) is 0 Å². The van der Waals surface area contributed by atoms with Crippen LogP contribution in [-0.2, 0) is 11.3 Å². The molecule has 2 aliphatic heterocycles. The number of benzene rings is 1. The van der Waals surface area contributed by atoms with E-state index in [0.717, 1.165) is 25.3 Å². The van der Waals surface area contributed by atoms with E-state index in [0.29, 0.717) is 12.1 Å². The first kappa shape index (κ1) is 9.83. The lowest BCUT2D eigenvalue weighted by Crippen LogP contribution is -2.36. The van der Waals surface area contributed by atoms with Gasteiger partial charge in [0.2, 0.25) is 0 Å². The lowest BCUT2D eigenvalue weighted by atomic mass is 10.1. The van der Waals surface area contributed by atoms with Gasteiger partial charge in [0.25, 0.3) is 0 Å². The highest BCUT2D eigenvalue weighted by Gasteiger charge is 2.38. The van der Waals surface area contributed by atoms with Crippen molar-refractivity contribution in [2.24, 2.45) is 0 Å². The second-order valence-electron chi connectivity index (χ2n) is 4.58. The molecule has 0 aliphatic carbocycles. The van der Waals surface area contributed by atoms with Crippen LogP contribution in [0.15, 0.2) is 24.3 Å². The Kier molecular flexibility index (Phi) is 2.39. The van der Waals surface area contributed by atoms with Gasteiger partial charge in [0.15, 0.2) is 0 Å². The van der Waals surface area contributed by atoms with Crippen LogP contribution in [0.25, 0.3) is 0 Å². The van der Waals surface area contributed by atoms with Gasteiger partial charge >= 0.3 is 0 Å². The minimum absolute atomic E-state index is 0.461. The zero-order chi connectivity index (χ0) is 11.0. The predicted molar refractivity (Wildman–Crippen MR) is 59.7 cm³/mol. The minimum Gasteiger partial charge on any atom is -0.375 e. The number of fused-ring (bicyclic) bond motifs is 2. The molecule has 0 amide bonds. The molecule has 0 unspecified atom stereocenters. The molecule has 0 radical (unpaired) electrons. The van der Waals surface area contributed by atoms with Crippen molar-refractivity contribution in [2.75, 3.05) is 13.2 Å². The van der Waals surface area contributed by atoms with Crippen LogP contribution in [0.4, 0.5) is 0 Å². The van der Waals surface area contributed by atoms with Crippen LogP contribution in [0, 0.1) is 11.3 Å². The zero-order valence-corrected chi connectivity index (χ0v) is 9.10. The van der Waals surface area contributed by atoms with Crippen molar-refractivity contribution in [2.45, 2.75) is 25.1 Å². The third-order valence-electron chi connectivity index (χ3n) is 3.48. The molecule has 3 nitrogen and oxygen atoms in total. The molecule has 0 spiro atoms. The Morgan fingerprint density at radius 3 is 2.75 bits per heavy atom. The highest BCUT2D eigenvalue weighted by molar-refractivity contribution is 5.31. The van der Waals surface area contributed by atoms with Crippen molar-refractivity contribution < 1.29 is 4.74 Å². The maximum absolute atomic E-state index is 8.72. The molecule has 2 fully saturated rings. The first-order chi connectivity index (χ1) is 7.85. The summed E-state index contributed by atoms with van der Waals surface area (Å²) in [7, 11) is 0. The van der Waals surface area contributed by atoms with Crippen LogP contribution in [0.3, 0.4) is 0 Å². The van der Waals surface area contributed by atoms with Crippen LogP contribution in [0.1, 0.15) is 17.5 Å². The molecule has 16 heavy (non-hydrogen) atoms. The fourth-order valence-corrected chi connectivity index (χ4v) is 2.59. The van der Waals surface area contributed by atoms with Gasteiger partial charge in [-0.3, -0.25) is 4.90 Å². The van der Waals surface area contributed by atoms with E-state index >= 15 is 0 Å². The summed E-state index contributed by atoms with van der Waals surface area (Å²) in [6.45, 7) is 2.93. The maximum Gasteiger partial charge on any atom is 0.0991 e. The lowest BCUT2D eigenvalue weighted by molar-refractivity contribution is 0.0273. The molecule has 1 aromatic carbocycles. The Morgan fingerprint density at radius 1 is 1.38 bits per heavy atom. The van der Waals surface area contributed by atoms with Gasteiger partial charge in [-0.2, -0.15) is 5.26 Å². The Morgan fingerprint density at radius 2 is 2.19 bits per heavy atom. The van der Waals surface area contributed by atoms with Gasteiger partial charge < -0.3 is 4.74 Å². The van der Waals surface area contributed by atoms with Gasteiger partial charge in [0.05, 0.1) is 24.3 Å². The molecule has 3 heteroatoms. The van der Waals surface area contributed by atoms with E-state index in [1.54, 1.807) is 0 Å². The average molecular weight is 214 g/mol. The van der Waals surface area contributed by atoms with E-state index in [1.807, 2.05) is 24.3 Å². The molecule has 82 valence electrons. The minimum atomic E-state index is 0.461. The van der Waals surface area contributed by atoms with Gasteiger partial charge in [-0.1, -0.05) is 12.1 Å². The molecule has 2 bridgehead atoms. The average Bonchev–Trinajstić information content (AvgIpc) is 2.92. The van der Waals surface area contributed by atoms with Crippen molar-refractivity contribution in [1.29, 1.82) is 5.26 Å². The molecule has 2 saturated heterocycles. The number of nitrogens with zero attached hydrogens (tertiary/aromatic N) is 2. The number of nitriles is 1. The van der Waals surface area contributed by atoms with Gasteiger partial charge in [0.1, 0.15) is 0 Å². The van der Waals surface area contributed by atoms with E-state index in [1.165, 1.54) is 12.0 Å². The second kappa shape index (κ2) is 3.89. The second-order valence-corrected chi connectivity index (χ2v) is 4.58. The number of ether oxygens (including phenoxy) is 1. The van der Waals surface area contributed by atoms with Gasteiger partial charge in [-0.15, -0.1) is 0 Å². The fourth-order valence-electron chi connectivity index (χ4n) is 2.59. The topological polar surface area (TPSA) is 36.3 Å². The third kappa shape index (κ3) is 1.71. The molecule has 2 aliphatic rings. The van der Waals surface area contributed by atoms with Crippen molar-refractivity contribution >= 4 is 0 Å². The van der Waals surface area contributed by atoms with Crippen LogP contribution < -0.4 is 0 Å². The van der Waals surface area contributed by atoms with Crippen LogP contribution >= 0.6 is 0 Å². The van der Waals surface area contributed by atoms with Crippen LogP contribution in [0.5, 0.6) is 0 Å². The number of rotatable bonds is 2. The van der Waals surface area contributed by atoms with Crippen molar-refractivity contribution in [3.05, 3.63) is 35.4 Å². The summed E-state index contributed by atoms with van der Waals surface area (Å²) < 4.78 is 5.57. The summed E-state index contributed by atoms with van der Waals surface area (Å²) in [5.74, 6) is 0. The highest BCUT2D eigenvalue weighted by atomic mass is 16.5. The van der Waals surface area contributed by atoms with Gasteiger partial charge in [0, 0.05) is 19.1 Å². The molecule has 0 aromatic heterocycles. The monoisotopic (exact) mass is 214 g/mol.